The number of aromatic nitrogens is 2. The second-order valence-electron chi connectivity index (χ2n) is 5.79. The topological polar surface area (TPSA) is 72.7 Å². The molecule has 23 heavy (non-hydrogen) atoms. The van der Waals surface area contributed by atoms with Gasteiger partial charge in [0.25, 0.3) is 0 Å². The third-order valence-electron chi connectivity index (χ3n) is 4.34. The highest BCUT2D eigenvalue weighted by Gasteiger charge is 2.40. The van der Waals surface area contributed by atoms with Crippen LogP contribution in [0.5, 0.6) is 0 Å². The number of hydrogen-bond donors (Lipinski definition) is 1. The van der Waals surface area contributed by atoms with Crippen LogP contribution in [-0.2, 0) is 16.0 Å². The first-order chi connectivity index (χ1) is 11.3. The summed E-state index contributed by atoms with van der Waals surface area (Å²) in [5, 5.41) is 3.25. The van der Waals surface area contributed by atoms with Crippen molar-refractivity contribution in [2.45, 2.75) is 25.2 Å². The Balaban J connectivity index is 1.38. The lowest BCUT2D eigenvalue weighted by Crippen LogP contribution is -2.45. The van der Waals surface area contributed by atoms with Crippen LogP contribution in [0.25, 0.3) is 0 Å². The van der Waals surface area contributed by atoms with Gasteiger partial charge in [-0.05, 0) is 12.1 Å². The maximum atomic E-state index is 5.76. The lowest BCUT2D eigenvalue weighted by Gasteiger charge is -2.38. The molecule has 4 rings (SSSR count). The lowest BCUT2D eigenvalue weighted by atomic mass is 10.0. The van der Waals surface area contributed by atoms with Gasteiger partial charge in [-0.2, -0.15) is 0 Å². The number of piperidine rings is 1. The van der Waals surface area contributed by atoms with Crippen LogP contribution in [0.15, 0.2) is 35.2 Å². The van der Waals surface area contributed by atoms with Crippen LogP contribution in [0.3, 0.4) is 0 Å². The Labute approximate surface area is 134 Å². The van der Waals surface area contributed by atoms with Gasteiger partial charge in [-0.15, -0.1) is 0 Å². The fraction of sp³-hybridized carbons (Fsp3) is 0.500. The Hall–Kier alpha value is -2.12. The second-order valence-corrected chi connectivity index (χ2v) is 5.79. The number of hydrogen-bond acceptors (Lipinski definition) is 7. The highest BCUT2D eigenvalue weighted by molar-refractivity contribution is 5.48. The Morgan fingerprint density at radius 3 is 2.74 bits per heavy atom. The first-order valence-corrected chi connectivity index (χ1v) is 7.94. The summed E-state index contributed by atoms with van der Waals surface area (Å²) in [6, 6.07) is 5.78. The summed E-state index contributed by atoms with van der Waals surface area (Å²) in [4.78, 5) is 10.9. The van der Waals surface area contributed by atoms with E-state index in [1.807, 2.05) is 18.2 Å². The number of anilines is 2. The molecule has 0 unspecified atom stereocenters. The number of ether oxygens (including phenoxy) is 2. The number of nitrogens with one attached hydrogen (secondary N) is 1. The molecule has 2 aromatic rings. The minimum absolute atomic E-state index is 0.357. The highest BCUT2D eigenvalue weighted by atomic mass is 16.7. The summed E-state index contributed by atoms with van der Waals surface area (Å²) < 4.78 is 16.8. The summed E-state index contributed by atoms with van der Waals surface area (Å²) in [6.07, 6.45) is 4.99. The summed E-state index contributed by atoms with van der Waals surface area (Å²) in [5.74, 6) is 2.24. The minimum Gasteiger partial charge on any atom is -0.467 e. The van der Waals surface area contributed by atoms with Crippen LogP contribution in [0.1, 0.15) is 18.6 Å². The molecule has 2 fully saturated rings. The van der Waals surface area contributed by atoms with Crippen molar-refractivity contribution in [2.24, 2.45) is 0 Å². The van der Waals surface area contributed by atoms with Crippen LogP contribution in [0, 0.1) is 0 Å². The van der Waals surface area contributed by atoms with Crippen molar-refractivity contribution in [3.63, 3.8) is 0 Å². The van der Waals surface area contributed by atoms with E-state index >= 15 is 0 Å². The van der Waals surface area contributed by atoms with E-state index in [2.05, 4.69) is 20.2 Å². The molecule has 2 aliphatic rings. The Morgan fingerprint density at radius 2 is 2.00 bits per heavy atom. The van der Waals surface area contributed by atoms with Crippen molar-refractivity contribution in [1.29, 1.82) is 0 Å². The molecule has 1 N–H and O–H groups in total. The standard InChI is InChI=1S/C16H20N4O3/c1-2-13(21-7-1)11-17-14-10-15(19-12-18-14)20-5-3-16(4-6-20)22-8-9-23-16/h1-2,7,10,12H,3-6,8-9,11H2,(H,17,18,19). The van der Waals surface area contributed by atoms with Gasteiger partial charge in [-0.3, -0.25) is 0 Å². The van der Waals surface area contributed by atoms with Gasteiger partial charge < -0.3 is 24.1 Å². The summed E-state index contributed by atoms with van der Waals surface area (Å²) in [5.41, 5.74) is 0. The summed E-state index contributed by atoms with van der Waals surface area (Å²) in [7, 11) is 0. The molecule has 2 saturated heterocycles. The average Bonchev–Trinajstić information content (AvgIpc) is 3.26. The fourth-order valence-electron chi connectivity index (χ4n) is 3.07. The van der Waals surface area contributed by atoms with Crippen LogP contribution < -0.4 is 10.2 Å². The molecular weight excluding hydrogens is 296 g/mol. The van der Waals surface area contributed by atoms with Gasteiger partial charge in [0.05, 0.1) is 26.0 Å². The van der Waals surface area contributed by atoms with Crippen molar-refractivity contribution >= 4 is 11.6 Å². The molecule has 122 valence electrons. The predicted octanol–water partition coefficient (Wildman–Crippen LogP) is 2.02. The zero-order chi connectivity index (χ0) is 15.5. The van der Waals surface area contributed by atoms with Gasteiger partial charge in [0.2, 0.25) is 0 Å². The smallest absolute Gasteiger partial charge is 0.171 e. The average molecular weight is 316 g/mol. The lowest BCUT2D eigenvalue weighted by molar-refractivity contribution is -0.169. The van der Waals surface area contributed by atoms with E-state index in [9.17, 15) is 0 Å². The molecule has 7 heteroatoms. The van der Waals surface area contributed by atoms with Crippen LogP contribution in [-0.4, -0.2) is 42.1 Å². The first-order valence-electron chi connectivity index (χ1n) is 7.94. The molecule has 0 aliphatic carbocycles. The van der Waals surface area contributed by atoms with E-state index in [1.165, 1.54) is 0 Å². The Bertz CT molecular complexity index is 631. The molecule has 4 heterocycles. The summed E-state index contributed by atoms with van der Waals surface area (Å²) >= 11 is 0. The Morgan fingerprint density at radius 1 is 1.17 bits per heavy atom. The molecule has 0 saturated carbocycles. The largest absolute Gasteiger partial charge is 0.467 e. The summed E-state index contributed by atoms with van der Waals surface area (Å²) in [6.45, 7) is 3.75. The molecular formula is C16H20N4O3. The van der Waals surface area contributed by atoms with Crippen molar-refractivity contribution in [1.82, 2.24) is 9.97 Å². The van der Waals surface area contributed by atoms with Gasteiger partial charge in [0.1, 0.15) is 23.7 Å². The van der Waals surface area contributed by atoms with E-state index in [4.69, 9.17) is 13.9 Å². The number of nitrogens with zero attached hydrogens (tertiary/aromatic N) is 3. The molecule has 0 bridgehead atoms. The molecule has 2 aromatic heterocycles. The zero-order valence-electron chi connectivity index (χ0n) is 12.9. The normalized spacial score (nSPS) is 20.1. The quantitative estimate of drug-likeness (QED) is 0.925. The van der Waals surface area contributed by atoms with E-state index in [1.54, 1.807) is 12.6 Å². The highest BCUT2D eigenvalue weighted by Crippen LogP contribution is 2.32. The maximum Gasteiger partial charge on any atom is 0.171 e. The molecule has 7 nitrogen and oxygen atoms in total. The van der Waals surface area contributed by atoms with E-state index in [-0.39, 0.29) is 5.79 Å². The minimum atomic E-state index is -0.357. The number of rotatable bonds is 4. The fourth-order valence-corrected chi connectivity index (χ4v) is 3.07. The monoisotopic (exact) mass is 316 g/mol. The van der Waals surface area contributed by atoms with E-state index in [0.29, 0.717) is 19.8 Å². The molecule has 0 amide bonds. The SMILES string of the molecule is c1coc(CNc2cc(N3CCC4(CC3)OCCO4)ncn2)c1. The third-order valence-corrected chi connectivity index (χ3v) is 4.34. The van der Waals surface area contributed by atoms with Crippen LogP contribution >= 0.6 is 0 Å². The van der Waals surface area contributed by atoms with Gasteiger partial charge in [0, 0.05) is 32.0 Å². The van der Waals surface area contributed by atoms with Crippen molar-refractivity contribution in [2.75, 3.05) is 36.5 Å². The molecule has 0 radical (unpaired) electrons. The van der Waals surface area contributed by atoms with E-state index in [0.717, 1.165) is 43.3 Å². The zero-order valence-corrected chi connectivity index (χ0v) is 12.9. The molecule has 0 aromatic carbocycles. The third kappa shape index (κ3) is 3.16. The van der Waals surface area contributed by atoms with E-state index < -0.39 is 0 Å². The van der Waals surface area contributed by atoms with Gasteiger partial charge in [-0.25, -0.2) is 9.97 Å². The number of furan rings is 1. The van der Waals surface area contributed by atoms with Gasteiger partial charge in [-0.1, -0.05) is 0 Å². The van der Waals surface area contributed by atoms with Gasteiger partial charge in [0.15, 0.2) is 5.79 Å². The van der Waals surface area contributed by atoms with Crippen LogP contribution in [0.2, 0.25) is 0 Å². The first kappa shape index (κ1) is 14.5. The van der Waals surface area contributed by atoms with Crippen molar-refractivity contribution in [3.05, 3.63) is 36.5 Å². The van der Waals surface area contributed by atoms with Crippen molar-refractivity contribution < 1.29 is 13.9 Å². The molecule has 1 spiro atoms. The maximum absolute atomic E-state index is 5.76. The molecule has 2 aliphatic heterocycles. The molecule has 0 atom stereocenters. The Kier molecular flexibility index (Phi) is 3.88. The second kappa shape index (κ2) is 6.17. The van der Waals surface area contributed by atoms with Crippen LogP contribution in [0.4, 0.5) is 11.6 Å². The van der Waals surface area contributed by atoms with Gasteiger partial charge >= 0.3 is 0 Å². The predicted molar refractivity (Wildman–Crippen MR) is 84.1 cm³/mol. The van der Waals surface area contributed by atoms with Crippen molar-refractivity contribution in [3.8, 4) is 0 Å².